The van der Waals surface area contributed by atoms with E-state index in [9.17, 15) is 9.90 Å². The number of fused-ring (bicyclic) bond motifs is 1. The van der Waals surface area contributed by atoms with E-state index in [-0.39, 0.29) is 23.7 Å². The second-order valence-electron chi connectivity index (χ2n) is 9.06. The van der Waals surface area contributed by atoms with Crippen LogP contribution in [0.4, 0.5) is 5.69 Å². The first-order valence-corrected chi connectivity index (χ1v) is 11.4. The van der Waals surface area contributed by atoms with Crippen molar-refractivity contribution in [3.05, 3.63) is 94.5 Å². The van der Waals surface area contributed by atoms with Crippen LogP contribution in [0, 0.1) is 12.8 Å². The van der Waals surface area contributed by atoms with Gasteiger partial charge in [0.1, 0.15) is 12.0 Å². The van der Waals surface area contributed by atoms with Gasteiger partial charge in [-0.2, -0.15) is 0 Å². The zero-order chi connectivity index (χ0) is 22.1. The number of piperidine rings is 1. The minimum Gasteiger partial charge on any atom is -0.508 e. The quantitative estimate of drug-likeness (QED) is 0.557. The lowest BCUT2D eigenvalue weighted by Crippen LogP contribution is -2.34. The Hall–Kier alpha value is -3.11. The van der Waals surface area contributed by atoms with Gasteiger partial charge in [-0.25, -0.2) is 0 Å². The fourth-order valence-electron chi connectivity index (χ4n) is 5.04. The summed E-state index contributed by atoms with van der Waals surface area (Å²) < 4.78 is 6.37. The van der Waals surface area contributed by atoms with Crippen LogP contribution in [0.15, 0.2) is 66.7 Å². The summed E-state index contributed by atoms with van der Waals surface area (Å²) in [5.41, 5.74) is 7.05. The van der Waals surface area contributed by atoms with Crippen molar-refractivity contribution >= 4 is 12.0 Å². The summed E-state index contributed by atoms with van der Waals surface area (Å²) >= 11 is 0. The van der Waals surface area contributed by atoms with E-state index < -0.39 is 0 Å². The molecule has 3 aromatic carbocycles. The molecule has 2 aliphatic heterocycles. The molecule has 1 saturated heterocycles. The summed E-state index contributed by atoms with van der Waals surface area (Å²) in [6.45, 7) is 4.42. The van der Waals surface area contributed by atoms with Gasteiger partial charge in [0.15, 0.2) is 0 Å². The molecule has 3 aromatic rings. The maximum Gasteiger partial charge on any atom is 0.123 e. The fraction of sp³-hybridized carbons (Fsp3) is 0.321. The maximum absolute atomic E-state index is 11.1. The number of carbonyl (C=O) groups excluding carboxylic acids is 1. The van der Waals surface area contributed by atoms with Crippen molar-refractivity contribution in [2.45, 2.75) is 38.4 Å². The Kier molecular flexibility index (Phi) is 5.71. The van der Waals surface area contributed by atoms with E-state index in [1.54, 1.807) is 6.07 Å². The number of nitrogens with zero attached hydrogens (tertiary/aromatic N) is 1. The monoisotopic (exact) mass is 427 g/mol. The summed E-state index contributed by atoms with van der Waals surface area (Å²) in [7, 11) is 0. The number of aromatic hydroxyl groups is 1. The number of aldehydes is 1. The average molecular weight is 428 g/mol. The van der Waals surface area contributed by atoms with Gasteiger partial charge in [-0.1, -0.05) is 48.0 Å². The molecule has 0 aliphatic carbocycles. The molecule has 5 rings (SSSR count). The van der Waals surface area contributed by atoms with Crippen LogP contribution in [0.3, 0.4) is 0 Å². The van der Waals surface area contributed by atoms with Crippen LogP contribution < -0.4 is 4.90 Å². The zero-order valence-corrected chi connectivity index (χ0v) is 18.4. The van der Waals surface area contributed by atoms with E-state index >= 15 is 0 Å². The number of anilines is 1. The van der Waals surface area contributed by atoms with E-state index in [4.69, 9.17) is 4.74 Å². The minimum atomic E-state index is -0.0816. The number of benzene rings is 3. The molecule has 0 saturated carbocycles. The number of hydrogen-bond donors (Lipinski definition) is 1. The zero-order valence-electron chi connectivity index (χ0n) is 18.4. The third-order valence-electron chi connectivity index (χ3n) is 6.94. The SMILES string of the molecule is Cc1ccc([C@@H]2OCc3cc(O)ccc3[C@@H]2c2ccc(N3CCC(C=O)CC3)cc2)cc1. The summed E-state index contributed by atoms with van der Waals surface area (Å²) in [5.74, 6) is 0.527. The van der Waals surface area contributed by atoms with Crippen molar-refractivity contribution in [1.82, 2.24) is 0 Å². The highest BCUT2D eigenvalue weighted by molar-refractivity contribution is 5.56. The lowest BCUT2D eigenvalue weighted by molar-refractivity contribution is -0.111. The van der Waals surface area contributed by atoms with Gasteiger partial charge in [-0.05, 0) is 66.3 Å². The Morgan fingerprint density at radius 1 is 0.938 bits per heavy atom. The molecule has 4 nitrogen and oxygen atoms in total. The number of carbonyl (C=O) groups is 1. The van der Waals surface area contributed by atoms with Crippen molar-refractivity contribution in [2.75, 3.05) is 18.0 Å². The third kappa shape index (κ3) is 4.03. The van der Waals surface area contributed by atoms with Crippen LogP contribution in [0.25, 0.3) is 0 Å². The summed E-state index contributed by atoms with van der Waals surface area (Å²) in [4.78, 5) is 13.4. The van der Waals surface area contributed by atoms with Crippen molar-refractivity contribution in [3.8, 4) is 5.75 Å². The van der Waals surface area contributed by atoms with Crippen molar-refractivity contribution in [1.29, 1.82) is 0 Å². The lowest BCUT2D eigenvalue weighted by atomic mass is 9.79. The van der Waals surface area contributed by atoms with Crippen LogP contribution >= 0.6 is 0 Å². The molecule has 0 radical (unpaired) electrons. The largest absolute Gasteiger partial charge is 0.508 e. The van der Waals surface area contributed by atoms with Gasteiger partial charge < -0.3 is 19.5 Å². The number of phenols is 1. The Labute approximate surface area is 189 Å². The second kappa shape index (κ2) is 8.79. The van der Waals surface area contributed by atoms with Gasteiger partial charge in [0.2, 0.25) is 0 Å². The summed E-state index contributed by atoms with van der Waals surface area (Å²) in [6, 6.07) is 23.0. The minimum absolute atomic E-state index is 0.0527. The molecular weight excluding hydrogens is 398 g/mol. The highest BCUT2D eigenvalue weighted by Gasteiger charge is 2.33. The number of aryl methyl sites for hydroxylation is 1. The Balaban J connectivity index is 1.48. The van der Waals surface area contributed by atoms with Crippen LogP contribution in [0.5, 0.6) is 5.75 Å². The Morgan fingerprint density at radius 2 is 1.62 bits per heavy atom. The molecule has 0 unspecified atom stereocenters. The van der Waals surface area contributed by atoms with E-state index in [0.717, 1.165) is 37.8 Å². The maximum atomic E-state index is 11.1. The fourth-order valence-corrected chi connectivity index (χ4v) is 5.04. The van der Waals surface area contributed by atoms with Gasteiger partial charge in [0.25, 0.3) is 0 Å². The molecule has 2 aliphatic rings. The van der Waals surface area contributed by atoms with Crippen molar-refractivity contribution < 1.29 is 14.6 Å². The predicted octanol–water partition coefficient (Wildman–Crippen LogP) is 5.52. The first-order valence-electron chi connectivity index (χ1n) is 11.4. The van der Waals surface area contributed by atoms with Crippen LogP contribution in [0.1, 0.15) is 52.7 Å². The number of hydrogen-bond acceptors (Lipinski definition) is 4. The molecule has 0 bridgehead atoms. The molecule has 4 heteroatoms. The first kappa shape index (κ1) is 20.8. The average Bonchev–Trinajstić information content (AvgIpc) is 2.84. The molecule has 2 atom stereocenters. The predicted molar refractivity (Wildman–Crippen MR) is 126 cm³/mol. The number of ether oxygens (including phenoxy) is 1. The van der Waals surface area contributed by atoms with Crippen LogP contribution in [-0.4, -0.2) is 24.5 Å². The summed E-state index contributed by atoms with van der Waals surface area (Å²) in [5, 5.41) is 9.99. The molecule has 164 valence electrons. The molecule has 1 fully saturated rings. The topological polar surface area (TPSA) is 49.8 Å². The highest BCUT2D eigenvalue weighted by Crippen LogP contribution is 2.45. The van der Waals surface area contributed by atoms with E-state index in [1.807, 2.05) is 12.1 Å². The number of rotatable bonds is 4. The molecule has 0 aromatic heterocycles. The van der Waals surface area contributed by atoms with Gasteiger partial charge in [0, 0.05) is 30.6 Å². The van der Waals surface area contributed by atoms with Gasteiger partial charge in [0.05, 0.1) is 12.7 Å². The first-order chi connectivity index (χ1) is 15.6. The Morgan fingerprint density at radius 3 is 2.31 bits per heavy atom. The lowest BCUT2D eigenvalue weighted by Gasteiger charge is -2.35. The molecule has 32 heavy (non-hydrogen) atoms. The molecule has 0 spiro atoms. The van der Waals surface area contributed by atoms with E-state index in [0.29, 0.717) is 6.61 Å². The molecule has 0 amide bonds. The van der Waals surface area contributed by atoms with Crippen LogP contribution in [-0.2, 0) is 16.1 Å². The van der Waals surface area contributed by atoms with E-state index in [1.165, 1.54) is 27.9 Å². The van der Waals surface area contributed by atoms with Gasteiger partial charge in [-0.3, -0.25) is 0 Å². The van der Waals surface area contributed by atoms with Crippen molar-refractivity contribution in [2.24, 2.45) is 5.92 Å². The summed E-state index contributed by atoms with van der Waals surface area (Å²) in [6.07, 6.45) is 2.87. The standard InChI is InChI=1S/C28H29NO3/c1-19-2-4-22(5-3-19)28-27(26-11-10-25(31)16-23(26)18-32-28)21-6-8-24(9-7-21)29-14-12-20(17-30)13-15-29/h2-11,16-17,20,27-28,31H,12-15,18H2,1H3/t27-,28-/m0/s1. The molecule has 1 N–H and O–H groups in total. The van der Waals surface area contributed by atoms with E-state index in [2.05, 4.69) is 60.4 Å². The molecular formula is C28H29NO3. The highest BCUT2D eigenvalue weighted by atomic mass is 16.5. The van der Waals surface area contributed by atoms with Crippen LogP contribution in [0.2, 0.25) is 0 Å². The Bertz CT molecular complexity index is 1080. The van der Waals surface area contributed by atoms with Gasteiger partial charge in [-0.15, -0.1) is 0 Å². The van der Waals surface area contributed by atoms with Crippen molar-refractivity contribution in [3.63, 3.8) is 0 Å². The third-order valence-corrected chi connectivity index (χ3v) is 6.94. The second-order valence-corrected chi connectivity index (χ2v) is 9.06. The molecule has 2 heterocycles. The normalized spacial score (nSPS) is 21.2. The smallest absolute Gasteiger partial charge is 0.123 e. The number of phenolic OH excluding ortho intramolecular Hbond substituents is 1. The van der Waals surface area contributed by atoms with Gasteiger partial charge >= 0.3 is 0 Å².